The number of rotatable bonds is 6. The third kappa shape index (κ3) is 3.84. The average molecular weight is 290 g/mol. The lowest BCUT2D eigenvalue weighted by Gasteiger charge is -2.26. The minimum absolute atomic E-state index is 0.299. The zero-order valence-corrected chi connectivity index (χ0v) is 12.9. The van der Waals surface area contributed by atoms with E-state index in [9.17, 15) is 4.79 Å². The maximum Gasteiger partial charge on any atom is 0.223 e. The summed E-state index contributed by atoms with van der Waals surface area (Å²) >= 11 is 0. The lowest BCUT2D eigenvalue weighted by Crippen LogP contribution is -2.37. The highest BCUT2D eigenvalue weighted by Crippen LogP contribution is 2.29. The second kappa shape index (κ2) is 6.60. The molecule has 1 amide bonds. The highest BCUT2D eigenvalue weighted by Gasteiger charge is 2.33. The summed E-state index contributed by atoms with van der Waals surface area (Å²) in [7, 11) is 1.99. The van der Waals surface area contributed by atoms with Crippen LogP contribution in [0.25, 0.3) is 0 Å². The first-order valence-corrected chi connectivity index (χ1v) is 8.23. The standard InChI is InChI=1S/C16H26N4O/c1-19-11-10-18-15(19)12-20(14-6-7-14)16(21)8-5-13-4-2-3-9-17-13/h10-11,13-14,17H,2-9,12H2,1H3. The Bertz CT molecular complexity index is 474. The van der Waals surface area contributed by atoms with Crippen molar-refractivity contribution in [2.24, 2.45) is 7.05 Å². The number of carbonyl (C=O) groups excluding carboxylic acids is 1. The number of piperidine rings is 1. The van der Waals surface area contributed by atoms with Crippen molar-refractivity contribution in [3.63, 3.8) is 0 Å². The Morgan fingerprint density at radius 3 is 2.90 bits per heavy atom. The van der Waals surface area contributed by atoms with Crippen LogP contribution in [0, 0.1) is 0 Å². The van der Waals surface area contributed by atoms with E-state index in [1.54, 1.807) is 6.20 Å². The molecule has 5 heteroatoms. The normalized spacial score (nSPS) is 22.2. The smallest absolute Gasteiger partial charge is 0.223 e. The summed E-state index contributed by atoms with van der Waals surface area (Å²) < 4.78 is 2.01. The van der Waals surface area contributed by atoms with Gasteiger partial charge < -0.3 is 14.8 Å². The Kier molecular flexibility index (Phi) is 4.58. The van der Waals surface area contributed by atoms with Gasteiger partial charge >= 0.3 is 0 Å². The molecule has 3 rings (SSSR count). The number of carbonyl (C=O) groups is 1. The van der Waals surface area contributed by atoms with Crippen molar-refractivity contribution in [2.45, 2.75) is 63.6 Å². The Hall–Kier alpha value is -1.36. The van der Waals surface area contributed by atoms with Gasteiger partial charge in [-0.3, -0.25) is 4.79 Å². The molecular weight excluding hydrogens is 264 g/mol. The number of hydrogen-bond donors (Lipinski definition) is 1. The van der Waals surface area contributed by atoms with E-state index >= 15 is 0 Å². The van der Waals surface area contributed by atoms with Crippen molar-refractivity contribution in [3.05, 3.63) is 18.2 Å². The number of nitrogens with one attached hydrogen (secondary N) is 1. The number of aryl methyl sites for hydroxylation is 1. The van der Waals surface area contributed by atoms with Crippen LogP contribution in [0.5, 0.6) is 0 Å². The number of hydrogen-bond acceptors (Lipinski definition) is 3. The Morgan fingerprint density at radius 1 is 1.43 bits per heavy atom. The van der Waals surface area contributed by atoms with Crippen LogP contribution in [0.15, 0.2) is 12.4 Å². The molecule has 2 heterocycles. The van der Waals surface area contributed by atoms with Crippen molar-refractivity contribution in [2.75, 3.05) is 6.54 Å². The van der Waals surface area contributed by atoms with Crippen LogP contribution in [-0.4, -0.2) is 39.0 Å². The third-order valence-corrected chi connectivity index (χ3v) is 4.66. The second-order valence-corrected chi connectivity index (χ2v) is 6.39. The maximum absolute atomic E-state index is 12.6. The summed E-state index contributed by atoms with van der Waals surface area (Å²) in [5, 5.41) is 3.53. The fourth-order valence-corrected chi connectivity index (χ4v) is 3.12. The summed E-state index contributed by atoms with van der Waals surface area (Å²) in [5.74, 6) is 1.28. The molecule has 21 heavy (non-hydrogen) atoms. The molecule has 1 unspecified atom stereocenters. The van der Waals surface area contributed by atoms with Gasteiger partial charge in [-0.2, -0.15) is 0 Å². The average Bonchev–Trinajstić information content (AvgIpc) is 3.27. The highest BCUT2D eigenvalue weighted by atomic mass is 16.2. The molecule has 1 atom stereocenters. The number of nitrogens with zero attached hydrogens (tertiary/aromatic N) is 3. The summed E-state index contributed by atoms with van der Waals surface area (Å²) in [5.41, 5.74) is 0. The van der Waals surface area contributed by atoms with Crippen molar-refractivity contribution in [1.82, 2.24) is 19.8 Å². The zero-order valence-electron chi connectivity index (χ0n) is 12.9. The van der Waals surface area contributed by atoms with Gasteiger partial charge in [-0.25, -0.2) is 4.98 Å². The maximum atomic E-state index is 12.6. The Morgan fingerprint density at radius 2 is 2.29 bits per heavy atom. The summed E-state index contributed by atoms with van der Waals surface area (Å²) in [6.07, 6.45) is 11.5. The van der Waals surface area contributed by atoms with Gasteiger partial charge in [0.05, 0.1) is 6.54 Å². The van der Waals surface area contributed by atoms with E-state index in [1.165, 1.54) is 19.3 Å². The van der Waals surface area contributed by atoms with E-state index < -0.39 is 0 Å². The van der Waals surface area contributed by atoms with Gasteiger partial charge in [0.25, 0.3) is 0 Å². The Balaban J connectivity index is 1.53. The minimum atomic E-state index is 0.299. The molecule has 2 aliphatic rings. The molecule has 1 aromatic heterocycles. The monoisotopic (exact) mass is 290 g/mol. The van der Waals surface area contributed by atoms with Crippen LogP contribution in [0.1, 0.15) is 50.8 Å². The van der Waals surface area contributed by atoms with Crippen LogP contribution in [-0.2, 0) is 18.4 Å². The second-order valence-electron chi connectivity index (χ2n) is 6.39. The van der Waals surface area contributed by atoms with Crippen molar-refractivity contribution < 1.29 is 4.79 Å². The van der Waals surface area contributed by atoms with Gasteiger partial charge in [-0.15, -0.1) is 0 Å². The first-order valence-electron chi connectivity index (χ1n) is 8.23. The predicted molar refractivity (Wildman–Crippen MR) is 81.7 cm³/mol. The zero-order chi connectivity index (χ0) is 14.7. The topological polar surface area (TPSA) is 50.2 Å². The molecule has 0 aromatic carbocycles. The summed E-state index contributed by atoms with van der Waals surface area (Å²) in [6, 6.07) is 0.991. The van der Waals surface area contributed by atoms with Crippen molar-refractivity contribution in [1.29, 1.82) is 0 Å². The molecule has 0 spiro atoms. The van der Waals surface area contributed by atoms with E-state index in [4.69, 9.17) is 0 Å². The van der Waals surface area contributed by atoms with Crippen molar-refractivity contribution in [3.8, 4) is 0 Å². The molecule has 1 saturated heterocycles. The van der Waals surface area contributed by atoms with Gasteiger partial charge in [0, 0.05) is 37.9 Å². The van der Waals surface area contributed by atoms with E-state index in [0.717, 1.165) is 31.6 Å². The minimum Gasteiger partial charge on any atom is -0.337 e. The molecule has 5 nitrogen and oxygen atoms in total. The molecule has 0 bridgehead atoms. The number of aromatic nitrogens is 2. The molecule has 116 valence electrons. The molecular formula is C16H26N4O. The molecule has 0 radical (unpaired) electrons. The van der Waals surface area contributed by atoms with Crippen LogP contribution >= 0.6 is 0 Å². The number of imidazole rings is 1. The first-order chi connectivity index (χ1) is 10.2. The van der Waals surface area contributed by atoms with Gasteiger partial charge in [0.15, 0.2) is 0 Å². The molecule has 2 fully saturated rings. The Labute approximate surface area is 126 Å². The van der Waals surface area contributed by atoms with E-state index in [0.29, 0.717) is 31.0 Å². The van der Waals surface area contributed by atoms with E-state index in [-0.39, 0.29) is 0 Å². The van der Waals surface area contributed by atoms with Gasteiger partial charge in [-0.1, -0.05) is 6.42 Å². The van der Waals surface area contributed by atoms with Gasteiger partial charge in [-0.05, 0) is 38.6 Å². The number of amides is 1. The van der Waals surface area contributed by atoms with Gasteiger partial charge in [0.1, 0.15) is 5.82 Å². The van der Waals surface area contributed by atoms with Crippen LogP contribution in [0.3, 0.4) is 0 Å². The largest absolute Gasteiger partial charge is 0.337 e. The fourth-order valence-electron chi connectivity index (χ4n) is 3.12. The van der Waals surface area contributed by atoms with Crippen LogP contribution < -0.4 is 5.32 Å². The van der Waals surface area contributed by atoms with E-state index in [1.807, 2.05) is 22.7 Å². The first kappa shape index (κ1) is 14.6. The van der Waals surface area contributed by atoms with Gasteiger partial charge in [0.2, 0.25) is 5.91 Å². The lowest BCUT2D eigenvalue weighted by atomic mass is 10.0. The molecule has 1 N–H and O–H groups in total. The third-order valence-electron chi connectivity index (χ3n) is 4.66. The fraction of sp³-hybridized carbons (Fsp3) is 0.750. The highest BCUT2D eigenvalue weighted by molar-refractivity contribution is 5.76. The molecule has 1 aliphatic carbocycles. The van der Waals surface area contributed by atoms with Crippen LogP contribution in [0.2, 0.25) is 0 Å². The summed E-state index contributed by atoms with van der Waals surface area (Å²) in [6.45, 7) is 1.77. The van der Waals surface area contributed by atoms with Crippen LogP contribution in [0.4, 0.5) is 0 Å². The van der Waals surface area contributed by atoms with Crippen molar-refractivity contribution >= 4 is 5.91 Å². The van der Waals surface area contributed by atoms with E-state index in [2.05, 4.69) is 10.3 Å². The predicted octanol–water partition coefficient (Wildman–Crippen LogP) is 1.83. The lowest BCUT2D eigenvalue weighted by molar-refractivity contribution is -0.132. The molecule has 1 saturated carbocycles. The molecule has 1 aromatic rings. The molecule has 1 aliphatic heterocycles. The quantitative estimate of drug-likeness (QED) is 0.869. The SMILES string of the molecule is Cn1ccnc1CN(C(=O)CCC1CCCCN1)C1CC1. The summed E-state index contributed by atoms with van der Waals surface area (Å²) in [4.78, 5) is 19.0.